The van der Waals surface area contributed by atoms with Gasteiger partial charge in [-0.1, -0.05) is 0 Å². The number of nitrogens with zero attached hydrogens (tertiary/aromatic N) is 1. The van der Waals surface area contributed by atoms with Crippen molar-refractivity contribution >= 4 is 17.8 Å². The van der Waals surface area contributed by atoms with E-state index < -0.39 is 17.8 Å². The van der Waals surface area contributed by atoms with Gasteiger partial charge in [0.05, 0.1) is 20.6 Å². The molecule has 0 spiro atoms. The van der Waals surface area contributed by atoms with Crippen molar-refractivity contribution in [1.29, 1.82) is 0 Å². The highest BCUT2D eigenvalue weighted by Gasteiger charge is 2.21. The van der Waals surface area contributed by atoms with E-state index in [-0.39, 0.29) is 36.6 Å². The molecule has 2 N–H and O–H groups in total. The maximum Gasteiger partial charge on any atom is 0.325 e. The first kappa shape index (κ1) is 17.3. The van der Waals surface area contributed by atoms with Gasteiger partial charge in [-0.15, -0.1) is 0 Å². The number of ether oxygens (including phenoxy) is 2. The fourth-order valence-electron chi connectivity index (χ4n) is 1.70. The fourth-order valence-corrected chi connectivity index (χ4v) is 1.70. The van der Waals surface area contributed by atoms with Crippen molar-refractivity contribution in [3.63, 3.8) is 0 Å². The first-order valence-corrected chi connectivity index (χ1v) is 6.33. The van der Waals surface area contributed by atoms with Gasteiger partial charge in [-0.2, -0.15) is 0 Å². The van der Waals surface area contributed by atoms with E-state index in [0.29, 0.717) is 0 Å². The van der Waals surface area contributed by atoms with Gasteiger partial charge in [0.15, 0.2) is 0 Å². The Bertz CT molecular complexity index is 550. The second-order valence-electron chi connectivity index (χ2n) is 4.37. The number of phenols is 2. The molecule has 0 aliphatic heterocycles. The Labute approximate surface area is 126 Å². The van der Waals surface area contributed by atoms with E-state index in [1.165, 1.54) is 14.2 Å². The van der Waals surface area contributed by atoms with Gasteiger partial charge in [0.1, 0.15) is 18.0 Å². The first-order valence-electron chi connectivity index (χ1n) is 6.33. The fraction of sp³-hybridized carbons (Fsp3) is 0.357. The summed E-state index contributed by atoms with van der Waals surface area (Å²) in [5, 5.41) is 18.8. The smallest absolute Gasteiger partial charge is 0.325 e. The summed E-state index contributed by atoms with van der Waals surface area (Å²) in [6.45, 7) is -0.445. The molecule has 120 valence electrons. The van der Waals surface area contributed by atoms with Gasteiger partial charge in [0, 0.05) is 18.2 Å². The van der Waals surface area contributed by atoms with Crippen LogP contribution in [0.5, 0.6) is 11.5 Å². The molecule has 1 rings (SSSR count). The summed E-state index contributed by atoms with van der Waals surface area (Å²) in [4.78, 5) is 36.0. The van der Waals surface area contributed by atoms with E-state index in [1.54, 1.807) is 0 Å². The lowest BCUT2D eigenvalue weighted by atomic mass is 10.1. The standard InChI is InChI=1S/C14H17NO7/c1-21-12(18)3-4-15(8-13(19)22-2)14(20)9-5-10(16)7-11(17)6-9/h5-7,16-17H,3-4,8H2,1-2H3. The van der Waals surface area contributed by atoms with Crippen LogP contribution in [0.3, 0.4) is 0 Å². The zero-order chi connectivity index (χ0) is 16.7. The molecule has 0 bridgehead atoms. The van der Waals surface area contributed by atoms with Gasteiger partial charge in [0.2, 0.25) is 0 Å². The van der Waals surface area contributed by atoms with Crippen molar-refractivity contribution in [2.45, 2.75) is 6.42 Å². The molecule has 0 unspecified atom stereocenters. The van der Waals surface area contributed by atoms with Gasteiger partial charge >= 0.3 is 11.9 Å². The molecule has 0 atom stereocenters. The molecule has 0 aliphatic carbocycles. The number of hydrogen-bond donors (Lipinski definition) is 2. The Hall–Kier alpha value is -2.77. The highest BCUT2D eigenvalue weighted by Crippen LogP contribution is 2.21. The molecular weight excluding hydrogens is 294 g/mol. The number of phenolic OH excluding ortho intramolecular Hbond substituents is 2. The first-order chi connectivity index (χ1) is 10.4. The second kappa shape index (κ2) is 7.87. The van der Waals surface area contributed by atoms with Gasteiger partial charge < -0.3 is 24.6 Å². The summed E-state index contributed by atoms with van der Waals surface area (Å²) >= 11 is 0. The quantitative estimate of drug-likeness (QED) is 0.725. The van der Waals surface area contributed by atoms with Gasteiger partial charge in [-0.25, -0.2) is 0 Å². The molecule has 1 aromatic rings. The molecule has 0 saturated heterocycles. The minimum absolute atomic E-state index is 0.0220. The zero-order valence-electron chi connectivity index (χ0n) is 12.2. The van der Waals surface area contributed by atoms with Crippen LogP contribution < -0.4 is 0 Å². The van der Waals surface area contributed by atoms with Crippen LogP contribution >= 0.6 is 0 Å². The maximum absolute atomic E-state index is 12.3. The summed E-state index contributed by atoms with van der Waals surface area (Å²) < 4.78 is 8.98. The van der Waals surface area contributed by atoms with Crippen molar-refractivity contribution < 1.29 is 34.1 Å². The van der Waals surface area contributed by atoms with Crippen molar-refractivity contribution in [3.05, 3.63) is 23.8 Å². The highest BCUT2D eigenvalue weighted by atomic mass is 16.5. The topological polar surface area (TPSA) is 113 Å². The average Bonchev–Trinajstić information content (AvgIpc) is 2.48. The number of aromatic hydroxyl groups is 2. The Morgan fingerprint density at radius 2 is 1.55 bits per heavy atom. The number of rotatable bonds is 6. The van der Waals surface area contributed by atoms with Crippen LogP contribution in [0.4, 0.5) is 0 Å². The maximum atomic E-state index is 12.3. The predicted octanol–water partition coefficient (Wildman–Crippen LogP) is 0.276. The predicted molar refractivity (Wildman–Crippen MR) is 74.3 cm³/mol. The molecule has 8 heteroatoms. The largest absolute Gasteiger partial charge is 0.508 e. The van der Waals surface area contributed by atoms with E-state index >= 15 is 0 Å². The van der Waals surface area contributed by atoms with E-state index in [0.717, 1.165) is 23.1 Å². The number of amides is 1. The molecule has 22 heavy (non-hydrogen) atoms. The number of carbonyl (C=O) groups excluding carboxylic acids is 3. The number of esters is 2. The summed E-state index contributed by atoms with van der Waals surface area (Å²) in [5.74, 6) is -2.44. The molecule has 0 aromatic heterocycles. The van der Waals surface area contributed by atoms with Crippen molar-refractivity contribution in [1.82, 2.24) is 4.90 Å². The molecule has 0 aliphatic rings. The summed E-state index contributed by atoms with van der Waals surface area (Å²) in [7, 11) is 2.38. The van der Waals surface area contributed by atoms with Crippen LogP contribution in [0.2, 0.25) is 0 Å². The lowest BCUT2D eigenvalue weighted by molar-refractivity contribution is -0.143. The minimum atomic E-state index is -0.664. The molecule has 0 heterocycles. The average molecular weight is 311 g/mol. The Balaban J connectivity index is 2.94. The zero-order valence-corrected chi connectivity index (χ0v) is 12.2. The summed E-state index contributed by atoms with van der Waals surface area (Å²) in [6, 6.07) is 3.35. The van der Waals surface area contributed by atoms with E-state index in [2.05, 4.69) is 9.47 Å². The van der Waals surface area contributed by atoms with Crippen molar-refractivity contribution in [3.8, 4) is 11.5 Å². The Morgan fingerprint density at radius 3 is 2.05 bits per heavy atom. The SMILES string of the molecule is COC(=O)CCN(CC(=O)OC)C(=O)c1cc(O)cc(O)c1. The highest BCUT2D eigenvalue weighted by molar-refractivity contribution is 5.96. The summed E-state index contributed by atoms with van der Waals surface area (Å²) in [6.07, 6.45) is -0.107. The molecule has 0 saturated carbocycles. The van der Waals surface area contributed by atoms with Crippen LogP contribution in [0, 0.1) is 0 Å². The van der Waals surface area contributed by atoms with Gasteiger partial charge in [-0.05, 0) is 12.1 Å². The Kier molecular flexibility index (Phi) is 6.18. The Morgan fingerprint density at radius 1 is 1.00 bits per heavy atom. The third-order valence-corrected chi connectivity index (χ3v) is 2.80. The number of benzene rings is 1. The molecule has 1 aromatic carbocycles. The third-order valence-electron chi connectivity index (χ3n) is 2.80. The molecule has 1 amide bonds. The van der Waals surface area contributed by atoms with Crippen LogP contribution in [0.15, 0.2) is 18.2 Å². The molecule has 0 radical (unpaired) electrons. The van der Waals surface area contributed by atoms with E-state index in [9.17, 15) is 24.6 Å². The van der Waals surface area contributed by atoms with Crippen LogP contribution in [-0.2, 0) is 19.1 Å². The van der Waals surface area contributed by atoms with Gasteiger partial charge in [0.25, 0.3) is 5.91 Å². The monoisotopic (exact) mass is 311 g/mol. The van der Waals surface area contributed by atoms with E-state index in [1.807, 2.05) is 0 Å². The lowest BCUT2D eigenvalue weighted by Crippen LogP contribution is -2.37. The number of carbonyl (C=O) groups is 3. The number of hydrogen-bond acceptors (Lipinski definition) is 7. The lowest BCUT2D eigenvalue weighted by Gasteiger charge is -2.21. The second-order valence-corrected chi connectivity index (χ2v) is 4.37. The van der Waals surface area contributed by atoms with Crippen LogP contribution in [0.25, 0.3) is 0 Å². The third kappa shape index (κ3) is 4.97. The van der Waals surface area contributed by atoms with Crippen molar-refractivity contribution in [2.75, 3.05) is 27.3 Å². The number of methoxy groups -OCH3 is 2. The van der Waals surface area contributed by atoms with Gasteiger partial charge in [-0.3, -0.25) is 14.4 Å². The molecular formula is C14H17NO7. The van der Waals surface area contributed by atoms with Crippen LogP contribution in [-0.4, -0.2) is 60.3 Å². The molecule has 0 fully saturated rings. The van der Waals surface area contributed by atoms with Crippen molar-refractivity contribution in [2.24, 2.45) is 0 Å². The van der Waals surface area contributed by atoms with E-state index in [4.69, 9.17) is 0 Å². The van der Waals surface area contributed by atoms with Crippen LogP contribution in [0.1, 0.15) is 16.8 Å². The normalized spacial score (nSPS) is 9.91. The molecule has 8 nitrogen and oxygen atoms in total. The summed E-state index contributed by atoms with van der Waals surface area (Å²) in [5.41, 5.74) is -0.0220. The minimum Gasteiger partial charge on any atom is -0.508 e.